The molecular weight excluding hydrogens is 110 g/mol. The summed E-state index contributed by atoms with van der Waals surface area (Å²) in [5.74, 6) is 0.720. The van der Waals surface area contributed by atoms with Crippen LogP contribution in [0.3, 0.4) is 0 Å². The molecule has 1 radical (unpaired) electrons. The van der Waals surface area contributed by atoms with E-state index in [1.54, 1.807) is 0 Å². The molecule has 0 aromatic carbocycles. The summed E-state index contributed by atoms with van der Waals surface area (Å²) < 4.78 is 0. The molecule has 0 aromatic rings. The van der Waals surface area contributed by atoms with E-state index in [0.29, 0.717) is 11.5 Å². The van der Waals surface area contributed by atoms with Gasteiger partial charge in [0.1, 0.15) is 0 Å². The molecule has 53 valence electrons. The van der Waals surface area contributed by atoms with Crippen molar-refractivity contribution in [3.05, 3.63) is 6.42 Å². The Morgan fingerprint density at radius 3 is 2.22 bits per heavy atom. The smallest absolute Gasteiger partial charge is 0.00440 e. The van der Waals surface area contributed by atoms with Gasteiger partial charge in [0, 0.05) is 6.04 Å². The SMILES string of the molecule is C[C@H](N)[C@H]1C[CH]C1(C)C. The Balaban J connectivity index is 2.45. The van der Waals surface area contributed by atoms with Gasteiger partial charge in [-0.15, -0.1) is 0 Å². The van der Waals surface area contributed by atoms with Gasteiger partial charge in [0.05, 0.1) is 0 Å². The lowest BCUT2D eigenvalue weighted by atomic mass is 9.60. The van der Waals surface area contributed by atoms with Crippen molar-refractivity contribution in [1.29, 1.82) is 0 Å². The van der Waals surface area contributed by atoms with Crippen molar-refractivity contribution in [2.45, 2.75) is 33.2 Å². The van der Waals surface area contributed by atoms with Crippen LogP contribution in [0.2, 0.25) is 0 Å². The Morgan fingerprint density at radius 1 is 1.67 bits per heavy atom. The van der Waals surface area contributed by atoms with Gasteiger partial charge in [-0.05, 0) is 31.1 Å². The first kappa shape index (κ1) is 7.07. The molecule has 1 fully saturated rings. The average Bonchev–Trinajstić information content (AvgIpc) is 1.62. The fourth-order valence-corrected chi connectivity index (χ4v) is 1.62. The van der Waals surface area contributed by atoms with Crippen molar-refractivity contribution < 1.29 is 0 Å². The predicted molar refractivity (Wildman–Crippen MR) is 39.8 cm³/mol. The average molecular weight is 126 g/mol. The maximum atomic E-state index is 5.75. The second-order valence-electron chi connectivity index (χ2n) is 3.73. The summed E-state index contributed by atoms with van der Waals surface area (Å²) in [6.07, 6.45) is 3.56. The Kier molecular flexibility index (Phi) is 1.55. The molecule has 9 heavy (non-hydrogen) atoms. The van der Waals surface area contributed by atoms with Crippen LogP contribution in [-0.2, 0) is 0 Å². The fourth-order valence-electron chi connectivity index (χ4n) is 1.62. The van der Waals surface area contributed by atoms with Crippen LogP contribution in [0, 0.1) is 17.8 Å². The molecule has 0 bridgehead atoms. The van der Waals surface area contributed by atoms with Crippen LogP contribution in [0.1, 0.15) is 27.2 Å². The van der Waals surface area contributed by atoms with Gasteiger partial charge in [0.2, 0.25) is 0 Å². The number of rotatable bonds is 1. The van der Waals surface area contributed by atoms with Gasteiger partial charge in [-0.2, -0.15) is 0 Å². The van der Waals surface area contributed by atoms with E-state index in [-0.39, 0.29) is 0 Å². The third-order valence-electron chi connectivity index (χ3n) is 2.49. The third kappa shape index (κ3) is 1.11. The molecule has 1 heteroatoms. The van der Waals surface area contributed by atoms with Crippen LogP contribution >= 0.6 is 0 Å². The zero-order valence-electron chi connectivity index (χ0n) is 6.52. The molecule has 0 unspecified atom stereocenters. The van der Waals surface area contributed by atoms with Crippen molar-refractivity contribution in [2.24, 2.45) is 17.1 Å². The van der Waals surface area contributed by atoms with Crippen LogP contribution in [0.5, 0.6) is 0 Å². The lowest BCUT2D eigenvalue weighted by Crippen LogP contribution is -2.45. The molecule has 2 atom stereocenters. The number of hydrogen-bond acceptors (Lipinski definition) is 1. The summed E-state index contributed by atoms with van der Waals surface area (Å²) >= 11 is 0. The zero-order valence-corrected chi connectivity index (χ0v) is 6.52. The highest BCUT2D eigenvalue weighted by Gasteiger charge is 2.40. The van der Waals surface area contributed by atoms with Crippen LogP contribution in [0.25, 0.3) is 0 Å². The molecule has 2 N–H and O–H groups in total. The Labute approximate surface area is 57.6 Å². The first-order valence-electron chi connectivity index (χ1n) is 3.64. The van der Waals surface area contributed by atoms with Gasteiger partial charge in [0.25, 0.3) is 0 Å². The minimum atomic E-state index is 0.366. The molecule has 1 saturated carbocycles. The summed E-state index contributed by atoms with van der Waals surface area (Å²) in [5, 5.41) is 0. The van der Waals surface area contributed by atoms with E-state index in [1.165, 1.54) is 6.42 Å². The maximum Gasteiger partial charge on any atom is 0.00440 e. The first-order chi connectivity index (χ1) is 4.04. The second-order valence-corrected chi connectivity index (χ2v) is 3.73. The molecule has 0 aromatic heterocycles. The predicted octanol–water partition coefficient (Wildman–Crippen LogP) is 1.58. The molecule has 1 aliphatic rings. The molecule has 0 amide bonds. The highest BCUT2D eigenvalue weighted by molar-refractivity contribution is 5.05. The van der Waals surface area contributed by atoms with E-state index >= 15 is 0 Å². The van der Waals surface area contributed by atoms with E-state index in [2.05, 4.69) is 27.2 Å². The van der Waals surface area contributed by atoms with Crippen molar-refractivity contribution in [2.75, 3.05) is 0 Å². The monoisotopic (exact) mass is 126 g/mol. The van der Waals surface area contributed by atoms with Crippen molar-refractivity contribution >= 4 is 0 Å². The van der Waals surface area contributed by atoms with E-state index in [9.17, 15) is 0 Å². The second kappa shape index (κ2) is 1.98. The molecule has 1 aliphatic carbocycles. The lowest BCUT2D eigenvalue weighted by molar-refractivity contribution is 0.132. The van der Waals surface area contributed by atoms with Crippen LogP contribution in [0.15, 0.2) is 0 Å². The molecule has 1 rings (SSSR count). The molecule has 0 aliphatic heterocycles. The molecule has 0 saturated heterocycles. The Hall–Kier alpha value is -0.0400. The van der Waals surface area contributed by atoms with Gasteiger partial charge < -0.3 is 5.73 Å². The van der Waals surface area contributed by atoms with Gasteiger partial charge in [-0.1, -0.05) is 13.8 Å². The van der Waals surface area contributed by atoms with Crippen LogP contribution < -0.4 is 5.73 Å². The summed E-state index contributed by atoms with van der Waals surface area (Å²) in [7, 11) is 0. The van der Waals surface area contributed by atoms with Gasteiger partial charge >= 0.3 is 0 Å². The van der Waals surface area contributed by atoms with Crippen molar-refractivity contribution in [3.8, 4) is 0 Å². The largest absolute Gasteiger partial charge is 0.328 e. The molecular formula is C8H16N. The number of nitrogens with two attached hydrogens (primary N) is 1. The molecule has 0 heterocycles. The van der Waals surface area contributed by atoms with Gasteiger partial charge in [-0.25, -0.2) is 0 Å². The number of hydrogen-bond donors (Lipinski definition) is 1. The summed E-state index contributed by atoms with van der Waals surface area (Å²) in [6.45, 7) is 6.61. The lowest BCUT2D eigenvalue weighted by Gasteiger charge is -2.46. The maximum absolute atomic E-state index is 5.75. The topological polar surface area (TPSA) is 26.0 Å². The van der Waals surface area contributed by atoms with Crippen LogP contribution in [-0.4, -0.2) is 6.04 Å². The Morgan fingerprint density at radius 2 is 2.22 bits per heavy atom. The van der Waals surface area contributed by atoms with Crippen LogP contribution in [0.4, 0.5) is 0 Å². The van der Waals surface area contributed by atoms with E-state index in [0.717, 1.165) is 5.92 Å². The van der Waals surface area contributed by atoms with Gasteiger partial charge in [-0.3, -0.25) is 0 Å². The highest BCUT2D eigenvalue weighted by atomic mass is 14.7. The standard InChI is InChI=1S/C8H16N/c1-6(9)7-4-5-8(7,2)3/h5-7H,4,9H2,1-3H3/t6-,7+/m0/s1. The normalized spacial score (nSPS) is 35.3. The quantitative estimate of drug-likeness (QED) is 0.567. The Bertz CT molecular complexity index is 105. The summed E-state index contributed by atoms with van der Waals surface area (Å²) in [6, 6.07) is 0.366. The minimum absolute atomic E-state index is 0.366. The van der Waals surface area contributed by atoms with E-state index < -0.39 is 0 Å². The zero-order chi connectivity index (χ0) is 7.07. The molecule has 0 spiro atoms. The molecule has 1 nitrogen and oxygen atoms in total. The minimum Gasteiger partial charge on any atom is -0.328 e. The summed E-state index contributed by atoms with van der Waals surface area (Å²) in [4.78, 5) is 0. The third-order valence-corrected chi connectivity index (χ3v) is 2.49. The highest BCUT2D eigenvalue weighted by Crippen LogP contribution is 2.45. The fraction of sp³-hybridized carbons (Fsp3) is 0.875. The first-order valence-corrected chi connectivity index (χ1v) is 3.64. The van der Waals surface area contributed by atoms with Gasteiger partial charge in [0.15, 0.2) is 0 Å². The van der Waals surface area contributed by atoms with Crippen molar-refractivity contribution in [3.63, 3.8) is 0 Å². The van der Waals surface area contributed by atoms with E-state index in [1.807, 2.05) is 0 Å². The van der Waals surface area contributed by atoms with E-state index in [4.69, 9.17) is 5.73 Å². The summed E-state index contributed by atoms with van der Waals surface area (Å²) in [5.41, 5.74) is 6.16. The van der Waals surface area contributed by atoms with Crippen molar-refractivity contribution in [1.82, 2.24) is 0 Å².